The van der Waals surface area contributed by atoms with Gasteiger partial charge in [-0.3, -0.25) is 0 Å². The van der Waals surface area contributed by atoms with Crippen LogP contribution in [0.3, 0.4) is 0 Å². The van der Waals surface area contributed by atoms with Gasteiger partial charge in [-0.2, -0.15) is 0 Å². The van der Waals surface area contributed by atoms with Crippen molar-refractivity contribution in [2.24, 2.45) is 5.73 Å². The summed E-state index contributed by atoms with van der Waals surface area (Å²) < 4.78 is 0. The SMILES string of the molecule is NCC(O)Cc1cccs1. The van der Waals surface area contributed by atoms with Gasteiger partial charge < -0.3 is 10.8 Å². The molecule has 0 spiro atoms. The number of thiophene rings is 1. The first-order valence-corrected chi connectivity index (χ1v) is 4.11. The maximum Gasteiger partial charge on any atom is 0.0710 e. The molecule has 0 aliphatic heterocycles. The van der Waals surface area contributed by atoms with Crippen molar-refractivity contribution in [2.45, 2.75) is 12.5 Å². The minimum atomic E-state index is -0.376. The molecule has 1 rings (SSSR count). The van der Waals surface area contributed by atoms with Gasteiger partial charge in [0.1, 0.15) is 0 Å². The van der Waals surface area contributed by atoms with Crippen molar-refractivity contribution in [2.75, 3.05) is 6.54 Å². The Bertz CT molecular complexity index is 174. The second-order valence-corrected chi connectivity index (χ2v) is 3.21. The van der Waals surface area contributed by atoms with Crippen LogP contribution < -0.4 is 5.73 Å². The van der Waals surface area contributed by atoms with Gasteiger partial charge in [-0.25, -0.2) is 0 Å². The van der Waals surface area contributed by atoms with Crippen LogP contribution in [-0.2, 0) is 6.42 Å². The van der Waals surface area contributed by atoms with E-state index in [9.17, 15) is 0 Å². The van der Waals surface area contributed by atoms with Crippen LogP contribution in [0.4, 0.5) is 0 Å². The maximum atomic E-state index is 9.11. The summed E-state index contributed by atoms with van der Waals surface area (Å²) in [7, 11) is 0. The highest BCUT2D eigenvalue weighted by atomic mass is 32.1. The van der Waals surface area contributed by atoms with E-state index in [2.05, 4.69) is 0 Å². The fourth-order valence-corrected chi connectivity index (χ4v) is 1.52. The summed E-state index contributed by atoms with van der Waals surface area (Å²) in [6.45, 7) is 0.345. The predicted octanol–water partition coefficient (Wildman–Crippen LogP) is 0.610. The summed E-state index contributed by atoms with van der Waals surface area (Å²) in [6.07, 6.45) is 0.312. The zero-order valence-electron chi connectivity index (χ0n) is 5.66. The maximum absolute atomic E-state index is 9.11. The number of aliphatic hydroxyl groups excluding tert-OH is 1. The first kappa shape index (κ1) is 7.72. The van der Waals surface area contributed by atoms with Crippen LogP contribution in [-0.4, -0.2) is 17.8 Å². The number of rotatable bonds is 3. The van der Waals surface area contributed by atoms with E-state index < -0.39 is 0 Å². The Morgan fingerprint density at radius 3 is 3.00 bits per heavy atom. The molecule has 1 aromatic heterocycles. The summed E-state index contributed by atoms with van der Waals surface area (Å²) in [6, 6.07) is 3.98. The fourth-order valence-electron chi connectivity index (χ4n) is 0.744. The summed E-state index contributed by atoms with van der Waals surface area (Å²) in [5.41, 5.74) is 5.24. The molecule has 3 heteroatoms. The van der Waals surface area contributed by atoms with Crippen molar-refractivity contribution in [3.8, 4) is 0 Å². The molecular formula is C7H11NOS. The van der Waals surface area contributed by atoms with Crippen molar-refractivity contribution < 1.29 is 5.11 Å². The number of hydrogen-bond acceptors (Lipinski definition) is 3. The fraction of sp³-hybridized carbons (Fsp3) is 0.429. The molecule has 0 radical (unpaired) electrons. The van der Waals surface area contributed by atoms with Crippen LogP contribution in [0, 0.1) is 0 Å². The molecule has 0 saturated heterocycles. The molecule has 0 bridgehead atoms. The summed E-state index contributed by atoms with van der Waals surface area (Å²) in [5, 5.41) is 11.1. The molecule has 1 heterocycles. The molecular weight excluding hydrogens is 146 g/mol. The molecule has 0 aromatic carbocycles. The van der Waals surface area contributed by atoms with Crippen molar-refractivity contribution in [1.29, 1.82) is 0 Å². The summed E-state index contributed by atoms with van der Waals surface area (Å²) >= 11 is 1.65. The van der Waals surface area contributed by atoms with E-state index in [0.29, 0.717) is 13.0 Å². The van der Waals surface area contributed by atoms with Crippen molar-refractivity contribution in [1.82, 2.24) is 0 Å². The Balaban J connectivity index is 2.40. The Labute approximate surface area is 64.3 Å². The number of nitrogens with two attached hydrogens (primary N) is 1. The van der Waals surface area contributed by atoms with E-state index >= 15 is 0 Å². The standard InChI is InChI=1S/C7H11NOS/c8-5-6(9)4-7-2-1-3-10-7/h1-3,6,9H,4-5,8H2. The molecule has 0 saturated carbocycles. The lowest BCUT2D eigenvalue weighted by atomic mass is 10.2. The molecule has 0 aliphatic carbocycles. The Kier molecular flexibility index (Phi) is 2.86. The van der Waals surface area contributed by atoms with Crippen LogP contribution in [0.5, 0.6) is 0 Å². The largest absolute Gasteiger partial charge is 0.391 e. The molecule has 1 aromatic rings. The van der Waals surface area contributed by atoms with E-state index in [1.165, 1.54) is 4.88 Å². The lowest BCUT2D eigenvalue weighted by Gasteiger charge is -2.03. The van der Waals surface area contributed by atoms with Gasteiger partial charge in [0.25, 0.3) is 0 Å². The normalized spacial score (nSPS) is 13.4. The quantitative estimate of drug-likeness (QED) is 0.675. The minimum Gasteiger partial charge on any atom is -0.391 e. The smallest absolute Gasteiger partial charge is 0.0710 e. The number of aliphatic hydroxyl groups is 1. The van der Waals surface area contributed by atoms with Crippen LogP contribution >= 0.6 is 11.3 Å². The van der Waals surface area contributed by atoms with Gasteiger partial charge in [0.15, 0.2) is 0 Å². The second kappa shape index (κ2) is 3.71. The van der Waals surface area contributed by atoms with Crippen LogP contribution in [0.1, 0.15) is 4.88 Å². The highest BCUT2D eigenvalue weighted by Crippen LogP contribution is 2.10. The van der Waals surface area contributed by atoms with Gasteiger partial charge in [-0.15, -0.1) is 11.3 Å². The molecule has 56 valence electrons. The molecule has 10 heavy (non-hydrogen) atoms. The van der Waals surface area contributed by atoms with E-state index in [1.807, 2.05) is 17.5 Å². The van der Waals surface area contributed by atoms with E-state index in [4.69, 9.17) is 10.8 Å². The van der Waals surface area contributed by atoms with E-state index in [0.717, 1.165) is 0 Å². The third-order valence-electron chi connectivity index (χ3n) is 1.29. The molecule has 1 unspecified atom stereocenters. The third kappa shape index (κ3) is 2.10. The minimum absolute atomic E-state index is 0.345. The van der Waals surface area contributed by atoms with Gasteiger partial charge in [0.05, 0.1) is 6.10 Å². The summed E-state index contributed by atoms with van der Waals surface area (Å²) in [5.74, 6) is 0. The van der Waals surface area contributed by atoms with Crippen molar-refractivity contribution in [3.05, 3.63) is 22.4 Å². The highest BCUT2D eigenvalue weighted by Gasteiger charge is 2.02. The highest BCUT2D eigenvalue weighted by molar-refractivity contribution is 7.09. The Morgan fingerprint density at radius 2 is 2.50 bits per heavy atom. The van der Waals surface area contributed by atoms with Gasteiger partial charge in [-0.05, 0) is 11.4 Å². The lowest BCUT2D eigenvalue weighted by Crippen LogP contribution is -2.21. The van der Waals surface area contributed by atoms with Gasteiger partial charge >= 0.3 is 0 Å². The van der Waals surface area contributed by atoms with Crippen LogP contribution in [0.15, 0.2) is 17.5 Å². The third-order valence-corrected chi connectivity index (χ3v) is 2.19. The van der Waals surface area contributed by atoms with Crippen LogP contribution in [0.2, 0.25) is 0 Å². The van der Waals surface area contributed by atoms with E-state index in [-0.39, 0.29) is 6.10 Å². The molecule has 2 nitrogen and oxygen atoms in total. The average Bonchev–Trinajstić information content (AvgIpc) is 2.40. The zero-order chi connectivity index (χ0) is 7.40. The molecule has 0 aliphatic rings. The first-order chi connectivity index (χ1) is 4.83. The Morgan fingerprint density at radius 1 is 1.70 bits per heavy atom. The average molecular weight is 157 g/mol. The van der Waals surface area contributed by atoms with Crippen LogP contribution in [0.25, 0.3) is 0 Å². The zero-order valence-corrected chi connectivity index (χ0v) is 6.47. The monoisotopic (exact) mass is 157 g/mol. The Hall–Kier alpha value is -0.380. The predicted molar refractivity (Wildman–Crippen MR) is 43.1 cm³/mol. The van der Waals surface area contributed by atoms with Gasteiger partial charge in [0.2, 0.25) is 0 Å². The number of hydrogen-bond donors (Lipinski definition) is 2. The molecule has 0 fully saturated rings. The molecule has 0 amide bonds. The summed E-state index contributed by atoms with van der Waals surface area (Å²) in [4.78, 5) is 1.19. The second-order valence-electron chi connectivity index (χ2n) is 2.17. The lowest BCUT2D eigenvalue weighted by molar-refractivity contribution is 0.184. The van der Waals surface area contributed by atoms with Crippen molar-refractivity contribution >= 4 is 11.3 Å². The molecule has 1 atom stereocenters. The van der Waals surface area contributed by atoms with E-state index in [1.54, 1.807) is 11.3 Å². The van der Waals surface area contributed by atoms with Gasteiger partial charge in [0, 0.05) is 17.8 Å². The molecule has 3 N–H and O–H groups in total. The topological polar surface area (TPSA) is 46.2 Å². The van der Waals surface area contributed by atoms with Crippen molar-refractivity contribution in [3.63, 3.8) is 0 Å². The van der Waals surface area contributed by atoms with Gasteiger partial charge in [-0.1, -0.05) is 6.07 Å². The first-order valence-electron chi connectivity index (χ1n) is 3.23.